The van der Waals surface area contributed by atoms with Gasteiger partial charge in [0.1, 0.15) is 0 Å². The number of amides is 2. The highest BCUT2D eigenvalue weighted by Crippen LogP contribution is 1.96. The predicted molar refractivity (Wildman–Crippen MR) is 49.8 cm³/mol. The summed E-state index contributed by atoms with van der Waals surface area (Å²) in [5.74, 6) is -0.704. The molecule has 0 radical (unpaired) electrons. The van der Waals surface area contributed by atoms with Gasteiger partial charge in [-0.15, -0.1) is 10.2 Å². The molecule has 1 aromatic heterocycles. The van der Waals surface area contributed by atoms with Gasteiger partial charge in [-0.3, -0.25) is 9.59 Å². The molecule has 82 valence electrons. The first-order valence-corrected chi connectivity index (χ1v) is 4.42. The number of H-pyrrole nitrogens is 1. The van der Waals surface area contributed by atoms with Gasteiger partial charge in [0, 0.05) is 13.6 Å². The molecule has 0 atom stereocenters. The van der Waals surface area contributed by atoms with Crippen molar-refractivity contribution in [3.63, 3.8) is 0 Å². The number of hydrogen-bond donors (Lipinski definition) is 2. The third-order valence-electron chi connectivity index (χ3n) is 1.82. The van der Waals surface area contributed by atoms with Crippen molar-refractivity contribution in [1.29, 1.82) is 0 Å². The Balaban J connectivity index is 2.67. The highest BCUT2D eigenvalue weighted by molar-refractivity contribution is 5.93. The SMILES string of the molecule is CCN(CC(=O)NC)C(=O)c1nn[nH]n1. The van der Waals surface area contributed by atoms with Gasteiger partial charge in [0.2, 0.25) is 5.91 Å². The number of hydrogen-bond acceptors (Lipinski definition) is 5. The van der Waals surface area contributed by atoms with Crippen LogP contribution in [-0.2, 0) is 4.79 Å². The number of aromatic nitrogens is 4. The van der Waals surface area contributed by atoms with Gasteiger partial charge in [-0.2, -0.15) is 5.21 Å². The third-order valence-corrected chi connectivity index (χ3v) is 1.82. The van der Waals surface area contributed by atoms with Crippen LogP contribution in [-0.4, -0.2) is 57.5 Å². The summed E-state index contributed by atoms with van der Waals surface area (Å²) >= 11 is 0. The number of rotatable bonds is 4. The van der Waals surface area contributed by atoms with Crippen LogP contribution < -0.4 is 5.32 Å². The Morgan fingerprint density at radius 2 is 2.27 bits per heavy atom. The van der Waals surface area contributed by atoms with Gasteiger partial charge in [0.25, 0.3) is 11.7 Å². The lowest BCUT2D eigenvalue weighted by molar-refractivity contribution is -0.121. The molecule has 0 aliphatic carbocycles. The molecule has 1 rings (SSSR count). The molecule has 0 fully saturated rings. The van der Waals surface area contributed by atoms with Gasteiger partial charge >= 0.3 is 0 Å². The Labute approximate surface area is 86.0 Å². The molecule has 1 aromatic rings. The van der Waals surface area contributed by atoms with E-state index >= 15 is 0 Å². The molecule has 2 N–H and O–H groups in total. The molecule has 8 heteroatoms. The van der Waals surface area contributed by atoms with Crippen LogP contribution in [0.25, 0.3) is 0 Å². The number of aromatic amines is 1. The lowest BCUT2D eigenvalue weighted by Crippen LogP contribution is -2.39. The average molecular weight is 212 g/mol. The Bertz CT molecular complexity index is 335. The van der Waals surface area contributed by atoms with E-state index in [1.54, 1.807) is 6.92 Å². The standard InChI is InChI=1S/C7H12N6O2/c1-3-13(4-5(14)8-2)7(15)6-9-11-12-10-6/h3-4H2,1-2H3,(H,8,14)(H,9,10,11,12). The summed E-state index contributed by atoms with van der Waals surface area (Å²) in [7, 11) is 1.51. The van der Waals surface area contributed by atoms with E-state index in [1.165, 1.54) is 11.9 Å². The number of tetrazole rings is 1. The van der Waals surface area contributed by atoms with Gasteiger partial charge in [-0.05, 0) is 12.1 Å². The fraction of sp³-hybridized carbons (Fsp3) is 0.571. The van der Waals surface area contributed by atoms with E-state index < -0.39 is 5.91 Å². The smallest absolute Gasteiger partial charge is 0.295 e. The largest absolute Gasteiger partial charge is 0.358 e. The third kappa shape index (κ3) is 2.73. The van der Waals surface area contributed by atoms with Crippen LogP contribution >= 0.6 is 0 Å². The van der Waals surface area contributed by atoms with E-state index in [0.717, 1.165) is 0 Å². The summed E-state index contributed by atoms with van der Waals surface area (Å²) in [5, 5.41) is 15.0. The van der Waals surface area contributed by atoms with E-state index in [2.05, 4.69) is 25.9 Å². The molecule has 0 aliphatic heterocycles. The second-order valence-electron chi connectivity index (χ2n) is 2.73. The minimum absolute atomic E-state index is 0.0135. The minimum Gasteiger partial charge on any atom is -0.358 e. The fourth-order valence-electron chi connectivity index (χ4n) is 0.973. The average Bonchev–Trinajstić information content (AvgIpc) is 2.77. The lowest BCUT2D eigenvalue weighted by atomic mass is 10.4. The molecular weight excluding hydrogens is 200 g/mol. The van der Waals surface area contributed by atoms with Gasteiger partial charge in [0.15, 0.2) is 0 Å². The summed E-state index contributed by atoms with van der Waals surface area (Å²) in [6.07, 6.45) is 0. The monoisotopic (exact) mass is 212 g/mol. The number of carbonyl (C=O) groups excluding carboxylic acids is 2. The van der Waals surface area contributed by atoms with Crippen LogP contribution in [0.5, 0.6) is 0 Å². The maximum absolute atomic E-state index is 11.6. The van der Waals surface area contributed by atoms with E-state index in [-0.39, 0.29) is 18.3 Å². The van der Waals surface area contributed by atoms with Crippen LogP contribution in [0.15, 0.2) is 0 Å². The first-order valence-electron chi connectivity index (χ1n) is 4.42. The van der Waals surface area contributed by atoms with E-state index in [4.69, 9.17) is 0 Å². The summed E-state index contributed by atoms with van der Waals surface area (Å²) < 4.78 is 0. The second kappa shape index (κ2) is 5.03. The van der Waals surface area contributed by atoms with Crippen molar-refractivity contribution in [2.24, 2.45) is 0 Å². The van der Waals surface area contributed by atoms with E-state index in [0.29, 0.717) is 6.54 Å². The summed E-state index contributed by atoms with van der Waals surface area (Å²) in [4.78, 5) is 24.1. The Hall–Kier alpha value is -1.99. The Kier molecular flexibility index (Phi) is 3.72. The van der Waals surface area contributed by atoms with Gasteiger partial charge in [0.05, 0.1) is 6.54 Å². The predicted octanol–water partition coefficient (Wildman–Crippen LogP) is -1.59. The molecule has 0 saturated heterocycles. The molecule has 8 nitrogen and oxygen atoms in total. The zero-order valence-corrected chi connectivity index (χ0v) is 8.52. The van der Waals surface area contributed by atoms with Crippen molar-refractivity contribution in [1.82, 2.24) is 30.8 Å². The molecule has 0 aromatic carbocycles. The quantitative estimate of drug-likeness (QED) is 0.626. The van der Waals surface area contributed by atoms with E-state index in [9.17, 15) is 9.59 Å². The Morgan fingerprint density at radius 1 is 1.53 bits per heavy atom. The van der Waals surface area contributed by atoms with Crippen LogP contribution in [0.1, 0.15) is 17.5 Å². The number of carbonyl (C=O) groups is 2. The maximum atomic E-state index is 11.6. The highest BCUT2D eigenvalue weighted by atomic mass is 16.2. The second-order valence-corrected chi connectivity index (χ2v) is 2.73. The van der Waals surface area contributed by atoms with Gasteiger partial charge < -0.3 is 10.2 Å². The van der Waals surface area contributed by atoms with Crippen LogP contribution in [0.2, 0.25) is 0 Å². The summed E-state index contributed by atoms with van der Waals surface area (Å²) in [6.45, 7) is 2.15. The molecule has 0 unspecified atom stereocenters. The van der Waals surface area contributed by atoms with Crippen LogP contribution in [0.4, 0.5) is 0 Å². The van der Waals surface area contributed by atoms with Crippen LogP contribution in [0.3, 0.4) is 0 Å². The molecule has 1 heterocycles. The van der Waals surface area contributed by atoms with Crippen LogP contribution in [0, 0.1) is 0 Å². The number of likely N-dealkylation sites (N-methyl/N-ethyl adjacent to an activating group) is 2. The van der Waals surface area contributed by atoms with Crippen molar-refractivity contribution in [3.05, 3.63) is 5.82 Å². The molecule has 0 aliphatic rings. The Morgan fingerprint density at radius 3 is 2.73 bits per heavy atom. The van der Waals surface area contributed by atoms with Crippen molar-refractivity contribution in [3.8, 4) is 0 Å². The van der Waals surface area contributed by atoms with E-state index in [1.807, 2.05) is 0 Å². The molecule has 0 saturated carbocycles. The normalized spacial score (nSPS) is 9.73. The van der Waals surface area contributed by atoms with Crippen molar-refractivity contribution >= 4 is 11.8 Å². The lowest BCUT2D eigenvalue weighted by Gasteiger charge is -2.17. The summed E-state index contributed by atoms with van der Waals surface area (Å²) in [5.41, 5.74) is 0. The summed E-state index contributed by atoms with van der Waals surface area (Å²) in [6, 6.07) is 0. The van der Waals surface area contributed by atoms with Crippen molar-refractivity contribution in [2.45, 2.75) is 6.92 Å². The first-order chi connectivity index (χ1) is 7.19. The molecular formula is C7H12N6O2. The molecule has 2 amide bonds. The van der Waals surface area contributed by atoms with Gasteiger partial charge in [-0.1, -0.05) is 0 Å². The van der Waals surface area contributed by atoms with Crippen molar-refractivity contribution < 1.29 is 9.59 Å². The number of nitrogens with zero attached hydrogens (tertiary/aromatic N) is 4. The molecule has 15 heavy (non-hydrogen) atoms. The van der Waals surface area contributed by atoms with Gasteiger partial charge in [-0.25, -0.2) is 0 Å². The van der Waals surface area contributed by atoms with Crippen molar-refractivity contribution in [2.75, 3.05) is 20.1 Å². The molecule has 0 spiro atoms. The fourth-order valence-corrected chi connectivity index (χ4v) is 0.973. The topological polar surface area (TPSA) is 104 Å². The zero-order valence-electron chi connectivity index (χ0n) is 8.52. The first kappa shape index (κ1) is 11.1. The highest BCUT2D eigenvalue weighted by Gasteiger charge is 2.20. The maximum Gasteiger partial charge on any atom is 0.295 e. The zero-order chi connectivity index (χ0) is 11.3. The number of nitrogens with one attached hydrogen (secondary N) is 2. The minimum atomic E-state index is -0.421. The molecule has 0 bridgehead atoms.